The first kappa shape index (κ1) is 11.4. The second kappa shape index (κ2) is 3.45. The van der Waals surface area contributed by atoms with E-state index in [-0.39, 0.29) is 0 Å². The Morgan fingerprint density at radius 1 is 1.21 bits per heavy atom. The van der Waals surface area contributed by atoms with Crippen molar-refractivity contribution in [1.29, 1.82) is 0 Å². The van der Waals surface area contributed by atoms with Gasteiger partial charge in [-0.05, 0) is 18.2 Å². The van der Waals surface area contributed by atoms with E-state index in [1.165, 1.54) is 0 Å². The van der Waals surface area contributed by atoms with Crippen molar-refractivity contribution in [3.63, 3.8) is 0 Å². The van der Waals surface area contributed by atoms with Gasteiger partial charge in [-0.1, -0.05) is 6.07 Å². The summed E-state index contributed by atoms with van der Waals surface area (Å²) >= 11 is 0. The maximum atomic E-state index is 10.7. The molecule has 14 heavy (non-hydrogen) atoms. The van der Waals surface area contributed by atoms with Crippen LogP contribution in [0.25, 0.3) is 0 Å². The number of benzene rings is 1. The van der Waals surface area contributed by atoms with Crippen LogP contribution in [0.4, 0.5) is 0 Å². The molecule has 78 valence electrons. The molecule has 0 amide bonds. The minimum absolute atomic E-state index is 0.451. The summed E-state index contributed by atoms with van der Waals surface area (Å²) in [5.74, 6) is 0. The van der Waals surface area contributed by atoms with Crippen molar-refractivity contribution in [2.75, 3.05) is 0 Å². The van der Waals surface area contributed by atoms with Gasteiger partial charge >= 0.3 is 7.60 Å². The van der Waals surface area contributed by atoms with E-state index >= 15 is 0 Å². The molecule has 0 saturated heterocycles. The lowest BCUT2D eigenvalue weighted by Gasteiger charge is -2.04. The van der Waals surface area contributed by atoms with E-state index in [1.54, 1.807) is 0 Å². The van der Waals surface area contributed by atoms with Crippen LogP contribution < -0.4 is 5.30 Å². The molecule has 6 nitrogen and oxygen atoms in total. The maximum absolute atomic E-state index is 10.7. The summed E-state index contributed by atoms with van der Waals surface area (Å²) < 4.78 is 40.6. The van der Waals surface area contributed by atoms with Gasteiger partial charge in [-0.3, -0.25) is 9.12 Å². The van der Waals surface area contributed by atoms with E-state index in [2.05, 4.69) is 0 Å². The summed E-state index contributed by atoms with van der Waals surface area (Å²) in [4.78, 5) is 16.9. The molecular weight excluding hydrogens is 231 g/mol. The van der Waals surface area contributed by atoms with Crippen molar-refractivity contribution in [2.24, 2.45) is 0 Å². The average Bonchev–Trinajstić information content (AvgIpc) is 2.01. The van der Waals surface area contributed by atoms with E-state index in [4.69, 9.17) is 14.3 Å². The van der Waals surface area contributed by atoms with Gasteiger partial charge < -0.3 is 9.79 Å². The average molecular weight is 238 g/mol. The predicted molar refractivity (Wildman–Crippen MR) is 47.9 cm³/mol. The fourth-order valence-electron chi connectivity index (χ4n) is 0.825. The van der Waals surface area contributed by atoms with E-state index < -0.39 is 27.9 Å². The highest BCUT2D eigenvalue weighted by Gasteiger charge is 2.19. The first-order valence-corrected chi connectivity index (χ1v) is 6.40. The molecule has 0 unspecified atom stereocenters. The predicted octanol–water partition coefficient (Wildman–Crippen LogP) is -0.264. The minimum Gasteiger partial charge on any atom is -0.321 e. The Labute approximate surface area is 80.1 Å². The third-order valence-corrected chi connectivity index (χ3v) is 3.25. The summed E-state index contributed by atoms with van der Waals surface area (Å²) in [6, 6.07) is 3.98. The number of hydrogen-bond donors (Lipinski definition) is 3. The lowest BCUT2D eigenvalue weighted by Crippen LogP contribution is -2.07. The number of hydrogen-bond acceptors (Lipinski definition) is 3. The van der Waals surface area contributed by atoms with Crippen LogP contribution in [0.15, 0.2) is 29.2 Å². The van der Waals surface area contributed by atoms with Crippen molar-refractivity contribution in [3.8, 4) is 0 Å². The first-order valence-electron chi connectivity index (χ1n) is 3.35. The lowest BCUT2D eigenvalue weighted by molar-refractivity contribution is 0.387. The molecule has 0 heterocycles. The molecule has 0 saturated carbocycles. The van der Waals surface area contributed by atoms with Gasteiger partial charge in [0.05, 0.1) is 10.2 Å². The summed E-state index contributed by atoms with van der Waals surface area (Å²) in [6.45, 7) is 0. The molecule has 0 aromatic heterocycles. The zero-order valence-corrected chi connectivity index (χ0v) is 8.44. The molecule has 0 atom stereocenters. The van der Waals surface area contributed by atoms with Crippen LogP contribution in [-0.4, -0.2) is 22.8 Å². The fraction of sp³-hybridized carbons (Fsp3) is 0. The van der Waals surface area contributed by atoms with Gasteiger partial charge in [0.1, 0.15) is 0 Å². The molecule has 8 heteroatoms. The molecule has 0 spiro atoms. The molecule has 0 aliphatic rings. The second-order valence-electron chi connectivity index (χ2n) is 2.52. The quantitative estimate of drug-likeness (QED) is 0.483. The van der Waals surface area contributed by atoms with Gasteiger partial charge in [0.25, 0.3) is 10.1 Å². The SMILES string of the molecule is O=P(O)(O)c1cccc(S(=O)(=O)O)c1. The van der Waals surface area contributed by atoms with Crippen LogP contribution in [0.5, 0.6) is 0 Å². The highest BCUT2D eigenvalue weighted by molar-refractivity contribution is 7.85. The Balaban J connectivity index is 3.36. The Bertz CT molecular complexity index is 487. The van der Waals surface area contributed by atoms with Crippen LogP contribution in [0.1, 0.15) is 0 Å². The van der Waals surface area contributed by atoms with E-state index in [0.29, 0.717) is 0 Å². The molecule has 0 fully saturated rings. The van der Waals surface area contributed by atoms with Gasteiger partial charge in [-0.25, -0.2) is 0 Å². The molecule has 3 N–H and O–H groups in total. The van der Waals surface area contributed by atoms with Crippen LogP contribution >= 0.6 is 7.60 Å². The van der Waals surface area contributed by atoms with Crippen molar-refractivity contribution in [1.82, 2.24) is 0 Å². The standard InChI is InChI=1S/C6H7O6PS/c7-13(8,9)5-2-1-3-6(4-5)14(10,11)12/h1-4H,(H2,7,8,9)(H,10,11,12). The van der Waals surface area contributed by atoms with Gasteiger partial charge in [-0.15, -0.1) is 0 Å². The Hall–Kier alpha value is -0.720. The molecule has 0 radical (unpaired) electrons. The van der Waals surface area contributed by atoms with Crippen LogP contribution in [0.3, 0.4) is 0 Å². The summed E-state index contributed by atoms with van der Waals surface area (Å²) in [7, 11) is -8.92. The highest BCUT2D eigenvalue weighted by Crippen LogP contribution is 2.33. The third-order valence-electron chi connectivity index (χ3n) is 1.45. The highest BCUT2D eigenvalue weighted by atomic mass is 32.2. The van der Waals surface area contributed by atoms with Crippen LogP contribution in [0, 0.1) is 0 Å². The van der Waals surface area contributed by atoms with E-state index in [0.717, 1.165) is 24.3 Å². The summed E-state index contributed by atoms with van der Waals surface area (Å²) in [5.41, 5.74) is 0. The topological polar surface area (TPSA) is 112 Å². The largest absolute Gasteiger partial charge is 0.356 e. The van der Waals surface area contributed by atoms with E-state index in [9.17, 15) is 13.0 Å². The van der Waals surface area contributed by atoms with Crippen molar-refractivity contribution >= 4 is 23.0 Å². The summed E-state index contributed by atoms with van der Waals surface area (Å²) in [5, 5.41) is -0.451. The second-order valence-corrected chi connectivity index (χ2v) is 5.54. The first-order chi connectivity index (χ1) is 6.21. The zero-order chi connectivity index (χ0) is 11.0. The Morgan fingerprint density at radius 2 is 1.79 bits per heavy atom. The lowest BCUT2D eigenvalue weighted by atomic mass is 10.4. The smallest absolute Gasteiger partial charge is 0.321 e. The van der Waals surface area contributed by atoms with E-state index in [1.807, 2.05) is 0 Å². The van der Waals surface area contributed by atoms with Gasteiger partial charge in [-0.2, -0.15) is 8.42 Å². The maximum Gasteiger partial charge on any atom is 0.356 e. The van der Waals surface area contributed by atoms with Crippen LogP contribution in [0.2, 0.25) is 0 Å². The molecule has 1 rings (SSSR count). The van der Waals surface area contributed by atoms with Gasteiger partial charge in [0, 0.05) is 0 Å². The fourth-order valence-corrected chi connectivity index (χ4v) is 2.03. The monoisotopic (exact) mass is 238 g/mol. The zero-order valence-electron chi connectivity index (χ0n) is 6.73. The molecule has 0 bridgehead atoms. The molecular formula is C6H7O6PS. The minimum atomic E-state index is -4.49. The molecule has 0 aliphatic carbocycles. The Morgan fingerprint density at radius 3 is 2.21 bits per heavy atom. The molecule has 1 aromatic carbocycles. The molecule has 1 aromatic rings. The van der Waals surface area contributed by atoms with Crippen LogP contribution in [-0.2, 0) is 14.7 Å². The van der Waals surface area contributed by atoms with Gasteiger partial charge in [0.15, 0.2) is 0 Å². The molecule has 0 aliphatic heterocycles. The van der Waals surface area contributed by atoms with Crippen molar-refractivity contribution in [2.45, 2.75) is 4.90 Å². The van der Waals surface area contributed by atoms with Crippen molar-refractivity contribution in [3.05, 3.63) is 24.3 Å². The third kappa shape index (κ3) is 2.63. The number of rotatable bonds is 2. The Kier molecular flexibility index (Phi) is 2.80. The summed E-state index contributed by atoms with van der Waals surface area (Å²) in [6.07, 6.45) is 0. The van der Waals surface area contributed by atoms with Gasteiger partial charge in [0.2, 0.25) is 0 Å². The normalized spacial score (nSPS) is 12.8. The van der Waals surface area contributed by atoms with Crippen molar-refractivity contribution < 1.29 is 27.3 Å².